The van der Waals surface area contributed by atoms with Gasteiger partial charge in [0.15, 0.2) is 5.82 Å². The summed E-state index contributed by atoms with van der Waals surface area (Å²) in [5.74, 6) is 1.89. The van der Waals surface area contributed by atoms with Crippen molar-refractivity contribution in [2.45, 2.75) is 12.8 Å². The molecule has 2 saturated heterocycles. The van der Waals surface area contributed by atoms with E-state index in [2.05, 4.69) is 61.3 Å². The lowest BCUT2D eigenvalue weighted by Crippen LogP contribution is -2.52. The first kappa shape index (κ1) is 25.0. The second kappa shape index (κ2) is 12.0. The standard InChI is InChI=1S/C30H35N5O2/c1-37-28-14-6-5-13-26(28)27-15-16-29(32-31-27)35-18-8-12-25(23-35)30(36)34-21-19-33(20-22-34)17-7-11-24-9-3-2-4-10-24/h2-7,9-11,13-16,25H,8,12,17-23H2,1H3/b11-7+. The van der Waals surface area contributed by atoms with Gasteiger partial charge >= 0.3 is 0 Å². The van der Waals surface area contributed by atoms with Crippen molar-refractivity contribution < 1.29 is 9.53 Å². The summed E-state index contributed by atoms with van der Waals surface area (Å²) >= 11 is 0. The van der Waals surface area contributed by atoms with Crippen molar-refractivity contribution in [1.29, 1.82) is 0 Å². The van der Waals surface area contributed by atoms with E-state index >= 15 is 0 Å². The van der Waals surface area contributed by atoms with Gasteiger partial charge in [0.05, 0.1) is 18.7 Å². The minimum atomic E-state index is 0.00831. The van der Waals surface area contributed by atoms with Gasteiger partial charge in [0.25, 0.3) is 0 Å². The number of methoxy groups -OCH3 is 1. The average molecular weight is 498 g/mol. The highest BCUT2D eigenvalue weighted by Gasteiger charge is 2.31. The molecule has 7 heteroatoms. The number of amides is 1. The maximum Gasteiger partial charge on any atom is 0.227 e. The topological polar surface area (TPSA) is 61.8 Å². The third-order valence-electron chi connectivity index (χ3n) is 7.29. The highest BCUT2D eigenvalue weighted by molar-refractivity contribution is 5.80. The lowest BCUT2D eigenvalue weighted by Gasteiger charge is -2.39. The van der Waals surface area contributed by atoms with Crippen molar-refractivity contribution in [3.8, 4) is 17.0 Å². The number of ether oxygens (including phenoxy) is 1. The van der Waals surface area contributed by atoms with Crippen LogP contribution in [0.15, 0.2) is 72.8 Å². The second-order valence-electron chi connectivity index (χ2n) is 9.70. The molecule has 0 aliphatic carbocycles. The Labute approximate surface area is 219 Å². The van der Waals surface area contributed by atoms with Crippen LogP contribution < -0.4 is 9.64 Å². The lowest BCUT2D eigenvalue weighted by atomic mass is 9.96. The molecule has 7 nitrogen and oxygen atoms in total. The Kier molecular flexibility index (Phi) is 8.11. The molecule has 2 fully saturated rings. The number of rotatable bonds is 7. The van der Waals surface area contributed by atoms with E-state index in [1.54, 1.807) is 7.11 Å². The molecule has 3 heterocycles. The van der Waals surface area contributed by atoms with Crippen molar-refractivity contribution in [2.75, 3.05) is 57.8 Å². The lowest BCUT2D eigenvalue weighted by molar-refractivity contribution is -0.137. The van der Waals surface area contributed by atoms with Crippen LogP contribution in [0, 0.1) is 5.92 Å². The zero-order valence-corrected chi connectivity index (χ0v) is 21.5. The zero-order chi connectivity index (χ0) is 25.5. The van der Waals surface area contributed by atoms with E-state index in [-0.39, 0.29) is 11.8 Å². The number of piperidine rings is 1. The van der Waals surface area contributed by atoms with E-state index in [9.17, 15) is 4.79 Å². The molecular formula is C30H35N5O2. The third-order valence-corrected chi connectivity index (χ3v) is 7.29. The molecule has 192 valence electrons. The molecule has 1 atom stereocenters. The number of carbonyl (C=O) groups excluding carboxylic acids is 1. The molecule has 0 spiro atoms. The van der Waals surface area contributed by atoms with Gasteiger partial charge < -0.3 is 14.5 Å². The molecular weight excluding hydrogens is 462 g/mol. The molecule has 0 saturated carbocycles. The van der Waals surface area contributed by atoms with Crippen molar-refractivity contribution in [1.82, 2.24) is 20.0 Å². The molecule has 1 amide bonds. The number of aromatic nitrogens is 2. The molecule has 1 aromatic heterocycles. The number of nitrogens with zero attached hydrogens (tertiary/aromatic N) is 5. The molecule has 2 aromatic carbocycles. The van der Waals surface area contributed by atoms with Crippen LogP contribution in [0.4, 0.5) is 5.82 Å². The first-order valence-corrected chi connectivity index (χ1v) is 13.2. The number of hydrogen-bond acceptors (Lipinski definition) is 6. The number of para-hydroxylation sites is 1. The summed E-state index contributed by atoms with van der Waals surface area (Å²) in [5, 5.41) is 8.97. The first-order valence-electron chi connectivity index (χ1n) is 13.2. The molecule has 5 rings (SSSR count). The van der Waals surface area contributed by atoms with Crippen LogP contribution >= 0.6 is 0 Å². The van der Waals surface area contributed by atoms with Crippen LogP contribution in [-0.4, -0.2) is 78.8 Å². The molecule has 0 N–H and O–H groups in total. The number of piperazine rings is 1. The van der Waals surface area contributed by atoms with Gasteiger partial charge in [0.1, 0.15) is 5.75 Å². The minimum absolute atomic E-state index is 0.00831. The highest BCUT2D eigenvalue weighted by Crippen LogP contribution is 2.29. The molecule has 1 unspecified atom stereocenters. The Morgan fingerprint density at radius 3 is 2.49 bits per heavy atom. The van der Waals surface area contributed by atoms with Gasteiger partial charge in [-0.3, -0.25) is 9.69 Å². The molecule has 2 aliphatic heterocycles. The van der Waals surface area contributed by atoms with Gasteiger partial charge in [-0.2, -0.15) is 0 Å². The van der Waals surface area contributed by atoms with E-state index in [4.69, 9.17) is 4.74 Å². The van der Waals surface area contributed by atoms with Crippen molar-refractivity contribution >= 4 is 17.8 Å². The maximum atomic E-state index is 13.4. The van der Waals surface area contributed by atoms with Gasteiger partial charge in [-0.05, 0) is 42.7 Å². The molecule has 37 heavy (non-hydrogen) atoms. The monoisotopic (exact) mass is 497 g/mol. The minimum Gasteiger partial charge on any atom is -0.496 e. The summed E-state index contributed by atoms with van der Waals surface area (Å²) in [6.45, 7) is 5.92. The van der Waals surface area contributed by atoms with E-state index in [0.29, 0.717) is 6.54 Å². The number of hydrogen-bond donors (Lipinski definition) is 0. The Morgan fingerprint density at radius 1 is 0.946 bits per heavy atom. The van der Waals surface area contributed by atoms with Crippen LogP contribution in [0.3, 0.4) is 0 Å². The smallest absolute Gasteiger partial charge is 0.227 e. The summed E-state index contributed by atoms with van der Waals surface area (Å²) in [6, 6.07) is 22.2. The summed E-state index contributed by atoms with van der Waals surface area (Å²) in [4.78, 5) is 20.0. The van der Waals surface area contributed by atoms with Crippen LogP contribution in [0.5, 0.6) is 5.75 Å². The van der Waals surface area contributed by atoms with E-state index in [0.717, 1.165) is 74.9 Å². The van der Waals surface area contributed by atoms with Crippen molar-refractivity contribution in [3.05, 3.63) is 78.4 Å². The summed E-state index contributed by atoms with van der Waals surface area (Å²) < 4.78 is 5.46. The van der Waals surface area contributed by atoms with E-state index in [1.165, 1.54) is 5.56 Å². The van der Waals surface area contributed by atoms with Crippen LogP contribution in [0.25, 0.3) is 17.3 Å². The highest BCUT2D eigenvalue weighted by atomic mass is 16.5. The van der Waals surface area contributed by atoms with Gasteiger partial charge in [0, 0.05) is 51.4 Å². The van der Waals surface area contributed by atoms with Gasteiger partial charge in [-0.1, -0.05) is 54.6 Å². The normalized spacial score (nSPS) is 18.8. The second-order valence-corrected chi connectivity index (χ2v) is 9.70. The Morgan fingerprint density at radius 2 is 1.73 bits per heavy atom. The summed E-state index contributed by atoms with van der Waals surface area (Å²) in [7, 11) is 1.66. The fourth-order valence-corrected chi connectivity index (χ4v) is 5.19. The van der Waals surface area contributed by atoms with Crippen molar-refractivity contribution in [3.63, 3.8) is 0 Å². The molecule has 0 radical (unpaired) electrons. The van der Waals surface area contributed by atoms with Gasteiger partial charge in [0.2, 0.25) is 5.91 Å². The van der Waals surface area contributed by atoms with Gasteiger partial charge in [-0.15, -0.1) is 10.2 Å². The summed E-state index contributed by atoms with van der Waals surface area (Å²) in [5.41, 5.74) is 2.92. The van der Waals surface area contributed by atoms with Crippen LogP contribution in [0.1, 0.15) is 18.4 Å². The van der Waals surface area contributed by atoms with E-state index in [1.807, 2.05) is 42.5 Å². The SMILES string of the molecule is COc1ccccc1-c1ccc(N2CCCC(C(=O)N3CCN(C/C=C/c4ccccc4)CC3)C2)nn1. The van der Waals surface area contributed by atoms with Crippen LogP contribution in [0.2, 0.25) is 0 Å². The third kappa shape index (κ3) is 6.17. The number of benzene rings is 2. The molecule has 0 bridgehead atoms. The first-order chi connectivity index (χ1) is 18.2. The summed E-state index contributed by atoms with van der Waals surface area (Å²) in [6.07, 6.45) is 6.30. The molecule has 3 aromatic rings. The zero-order valence-electron chi connectivity index (χ0n) is 21.5. The fourth-order valence-electron chi connectivity index (χ4n) is 5.19. The molecule has 2 aliphatic rings. The van der Waals surface area contributed by atoms with E-state index < -0.39 is 0 Å². The largest absolute Gasteiger partial charge is 0.496 e. The van der Waals surface area contributed by atoms with Crippen LogP contribution in [-0.2, 0) is 4.79 Å². The quantitative estimate of drug-likeness (QED) is 0.487. The number of carbonyl (C=O) groups is 1. The van der Waals surface area contributed by atoms with Crippen molar-refractivity contribution in [2.24, 2.45) is 5.92 Å². The average Bonchev–Trinajstić information content (AvgIpc) is 2.98. The predicted octanol–water partition coefficient (Wildman–Crippen LogP) is 4.23. The fraction of sp³-hybridized carbons (Fsp3) is 0.367. The Bertz CT molecular complexity index is 1190. The predicted molar refractivity (Wildman–Crippen MR) is 147 cm³/mol. The number of anilines is 1. The Balaban J connectivity index is 1.13. The maximum absolute atomic E-state index is 13.4. The Hall–Kier alpha value is -3.71. The van der Waals surface area contributed by atoms with Gasteiger partial charge in [-0.25, -0.2) is 0 Å².